The molecule has 1 amide bonds. The minimum atomic E-state index is -3.75. The molecule has 1 saturated carbocycles. The number of amides is 1. The number of nitrogens with zero attached hydrogens (tertiary/aromatic N) is 1. The average Bonchev–Trinajstić information content (AvgIpc) is 3.58. The van der Waals surface area contributed by atoms with E-state index in [0.29, 0.717) is 28.6 Å². The number of nitrogens with one attached hydrogen (secondary N) is 2. The van der Waals surface area contributed by atoms with Crippen LogP contribution in [0, 0.1) is 12.8 Å². The van der Waals surface area contributed by atoms with E-state index < -0.39 is 10.0 Å². The Morgan fingerprint density at radius 2 is 1.91 bits per heavy atom. The van der Waals surface area contributed by atoms with Crippen LogP contribution in [0.25, 0.3) is 12.2 Å². The minimum absolute atomic E-state index is 0.0240. The maximum atomic E-state index is 12.7. The van der Waals surface area contributed by atoms with Crippen molar-refractivity contribution in [3.8, 4) is 5.75 Å². The van der Waals surface area contributed by atoms with Crippen molar-refractivity contribution in [3.05, 3.63) is 65.5 Å². The molecule has 32 heavy (non-hydrogen) atoms. The Morgan fingerprint density at radius 3 is 2.59 bits per heavy atom. The summed E-state index contributed by atoms with van der Waals surface area (Å²) in [4.78, 5) is 12.2. The van der Waals surface area contributed by atoms with Crippen LogP contribution >= 0.6 is 0 Å². The zero-order chi connectivity index (χ0) is 22.7. The number of carbonyl (C=O) groups excluding carboxylic acids is 1. The monoisotopic (exact) mass is 453 g/mol. The topological polar surface area (TPSA) is 111 Å². The van der Waals surface area contributed by atoms with E-state index in [2.05, 4.69) is 15.2 Å². The van der Waals surface area contributed by atoms with Gasteiger partial charge < -0.3 is 14.6 Å². The highest BCUT2D eigenvalue weighted by atomic mass is 32.2. The Bertz CT molecular complexity index is 1260. The highest BCUT2D eigenvalue weighted by Crippen LogP contribution is 2.32. The highest BCUT2D eigenvalue weighted by Gasteiger charge is 2.30. The van der Waals surface area contributed by atoms with Gasteiger partial charge in [-0.05, 0) is 55.7 Å². The molecule has 166 valence electrons. The van der Waals surface area contributed by atoms with Gasteiger partial charge in [-0.25, -0.2) is 8.42 Å². The second-order valence-electron chi connectivity index (χ2n) is 7.51. The molecule has 1 aliphatic rings. The summed E-state index contributed by atoms with van der Waals surface area (Å²) >= 11 is 0. The number of hydrogen-bond donors (Lipinski definition) is 2. The molecule has 3 aromatic rings. The second kappa shape index (κ2) is 8.88. The van der Waals surface area contributed by atoms with Crippen LogP contribution in [0.4, 0.5) is 11.4 Å². The van der Waals surface area contributed by atoms with Crippen molar-refractivity contribution >= 4 is 39.5 Å². The molecule has 4 rings (SSSR count). The van der Waals surface area contributed by atoms with Crippen molar-refractivity contribution in [2.24, 2.45) is 5.92 Å². The molecule has 0 bridgehead atoms. The van der Waals surface area contributed by atoms with E-state index in [4.69, 9.17) is 9.26 Å². The first-order valence-corrected chi connectivity index (χ1v) is 11.6. The molecule has 8 nitrogen and oxygen atoms in total. The van der Waals surface area contributed by atoms with Crippen molar-refractivity contribution in [1.82, 2.24) is 5.16 Å². The van der Waals surface area contributed by atoms with Crippen LogP contribution in [0.2, 0.25) is 0 Å². The lowest BCUT2D eigenvalue weighted by molar-refractivity contribution is -0.117. The Morgan fingerprint density at radius 1 is 1.16 bits per heavy atom. The van der Waals surface area contributed by atoms with E-state index in [9.17, 15) is 13.2 Å². The fraction of sp³-hybridized carbons (Fsp3) is 0.217. The third kappa shape index (κ3) is 5.00. The van der Waals surface area contributed by atoms with Gasteiger partial charge in [0.15, 0.2) is 5.76 Å². The van der Waals surface area contributed by atoms with Crippen molar-refractivity contribution < 1.29 is 22.5 Å². The normalized spacial score (nSPS) is 13.8. The molecule has 2 aromatic carbocycles. The van der Waals surface area contributed by atoms with Gasteiger partial charge in [0.05, 0.1) is 17.7 Å². The van der Waals surface area contributed by atoms with Gasteiger partial charge in [0, 0.05) is 12.0 Å². The molecular weight excluding hydrogens is 430 g/mol. The average molecular weight is 454 g/mol. The van der Waals surface area contributed by atoms with Crippen LogP contribution in [-0.4, -0.2) is 26.6 Å². The third-order valence-corrected chi connectivity index (χ3v) is 6.42. The standard InChI is InChI=1S/C23H23N3O5S/c1-15-22(24-23(27)17-9-10-17)21(31-25-15)13-8-16-6-11-20(12-7-16)32(28,29)26-18-4-3-5-19(14-18)30-2/h3-8,11-14,17,26H,9-10H2,1-2H3,(H,24,27). The lowest BCUT2D eigenvalue weighted by atomic mass is 10.2. The van der Waals surface area contributed by atoms with Crippen molar-refractivity contribution in [3.63, 3.8) is 0 Å². The van der Waals surface area contributed by atoms with Gasteiger partial charge >= 0.3 is 0 Å². The van der Waals surface area contributed by atoms with E-state index in [0.717, 1.165) is 18.4 Å². The summed E-state index contributed by atoms with van der Waals surface area (Å²) in [5, 5.41) is 6.80. The number of methoxy groups -OCH3 is 1. The molecular formula is C23H23N3O5S. The Labute approximate surface area is 186 Å². The molecule has 2 N–H and O–H groups in total. The summed E-state index contributed by atoms with van der Waals surface area (Å²) < 4.78 is 38.3. The molecule has 0 radical (unpaired) electrons. The summed E-state index contributed by atoms with van der Waals surface area (Å²) in [6.07, 6.45) is 5.27. The summed E-state index contributed by atoms with van der Waals surface area (Å²) in [5.74, 6) is 1.04. The number of ether oxygens (including phenoxy) is 1. The van der Waals surface area contributed by atoms with Gasteiger partial charge in [0.25, 0.3) is 10.0 Å². The number of aromatic nitrogens is 1. The first kappa shape index (κ1) is 21.6. The van der Waals surface area contributed by atoms with Crippen LogP contribution in [0.15, 0.2) is 57.9 Å². The van der Waals surface area contributed by atoms with Crippen molar-refractivity contribution in [1.29, 1.82) is 0 Å². The van der Waals surface area contributed by atoms with E-state index in [-0.39, 0.29) is 16.7 Å². The van der Waals surface area contributed by atoms with E-state index in [1.165, 1.54) is 19.2 Å². The lowest BCUT2D eigenvalue weighted by Gasteiger charge is -2.09. The predicted molar refractivity (Wildman–Crippen MR) is 122 cm³/mol. The molecule has 1 aliphatic carbocycles. The molecule has 0 aliphatic heterocycles. The molecule has 0 spiro atoms. The Hall–Kier alpha value is -3.59. The van der Waals surface area contributed by atoms with E-state index >= 15 is 0 Å². The van der Waals surface area contributed by atoms with Crippen LogP contribution in [-0.2, 0) is 14.8 Å². The van der Waals surface area contributed by atoms with Gasteiger partial charge in [0.2, 0.25) is 5.91 Å². The molecule has 9 heteroatoms. The molecule has 1 heterocycles. The number of sulfonamides is 1. The minimum Gasteiger partial charge on any atom is -0.497 e. The lowest BCUT2D eigenvalue weighted by Crippen LogP contribution is -2.14. The van der Waals surface area contributed by atoms with Gasteiger partial charge in [-0.1, -0.05) is 29.4 Å². The molecule has 1 aromatic heterocycles. The molecule has 0 atom stereocenters. The SMILES string of the molecule is COc1cccc(NS(=O)(=O)c2ccc(C=Cc3onc(C)c3NC(=O)C3CC3)cc2)c1. The Kier molecular flexibility index (Phi) is 6.00. The molecule has 0 unspecified atom stereocenters. The Balaban J connectivity index is 1.47. The number of anilines is 2. The third-order valence-electron chi connectivity index (χ3n) is 5.02. The smallest absolute Gasteiger partial charge is 0.261 e. The maximum Gasteiger partial charge on any atom is 0.261 e. The quantitative estimate of drug-likeness (QED) is 0.526. The molecule has 1 fully saturated rings. The van der Waals surface area contributed by atoms with Crippen LogP contribution in [0.5, 0.6) is 5.75 Å². The van der Waals surface area contributed by atoms with E-state index in [1.54, 1.807) is 55.5 Å². The fourth-order valence-electron chi connectivity index (χ4n) is 3.05. The van der Waals surface area contributed by atoms with Crippen LogP contribution < -0.4 is 14.8 Å². The number of aryl methyl sites for hydroxylation is 1. The van der Waals surface area contributed by atoms with E-state index in [1.807, 2.05) is 0 Å². The summed E-state index contributed by atoms with van der Waals surface area (Å²) in [5.41, 5.74) is 2.33. The van der Waals surface area contributed by atoms with Crippen molar-refractivity contribution in [2.45, 2.75) is 24.7 Å². The first-order chi connectivity index (χ1) is 15.4. The van der Waals surface area contributed by atoms with Crippen LogP contribution in [0.1, 0.15) is 29.9 Å². The number of carbonyl (C=O) groups is 1. The number of rotatable bonds is 8. The van der Waals surface area contributed by atoms with Gasteiger partial charge in [-0.15, -0.1) is 0 Å². The number of benzene rings is 2. The predicted octanol–water partition coefficient (Wildman–Crippen LogP) is 4.31. The number of hydrogen-bond acceptors (Lipinski definition) is 6. The summed E-state index contributed by atoms with van der Waals surface area (Å²) in [6, 6.07) is 13.1. The fourth-order valence-corrected chi connectivity index (χ4v) is 4.10. The zero-order valence-electron chi connectivity index (χ0n) is 17.7. The van der Waals surface area contributed by atoms with Gasteiger partial charge in [-0.2, -0.15) is 0 Å². The summed E-state index contributed by atoms with van der Waals surface area (Å²) in [6.45, 7) is 1.76. The zero-order valence-corrected chi connectivity index (χ0v) is 18.5. The highest BCUT2D eigenvalue weighted by molar-refractivity contribution is 7.92. The van der Waals surface area contributed by atoms with Gasteiger partial charge in [0.1, 0.15) is 17.1 Å². The van der Waals surface area contributed by atoms with Crippen LogP contribution in [0.3, 0.4) is 0 Å². The van der Waals surface area contributed by atoms with Crippen molar-refractivity contribution in [2.75, 3.05) is 17.1 Å². The maximum absolute atomic E-state index is 12.7. The summed E-state index contributed by atoms with van der Waals surface area (Å²) in [7, 11) is -2.23. The van der Waals surface area contributed by atoms with Gasteiger partial charge in [-0.3, -0.25) is 9.52 Å². The second-order valence-corrected chi connectivity index (χ2v) is 9.19. The first-order valence-electron chi connectivity index (χ1n) is 10.1. The molecule has 0 saturated heterocycles. The largest absolute Gasteiger partial charge is 0.497 e.